The Bertz CT molecular complexity index is 363. The fraction of sp³-hybridized carbons (Fsp3) is 0.364. The topological polar surface area (TPSA) is 41.1 Å². The van der Waals surface area contributed by atoms with Gasteiger partial charge in [-0.3, -0.25) is 4.79 Å². The van der Waals surface area contributed by atoms with Gasteiger partial charge in [0, 0.05) is 6.04 Å². The van der Waals surface area contributed by atoms with E-state index in [1.165, 1.54) is 0 Å². The molecule has 2 N–H and O–H groups in total. The van der Waals surface area contributed by atoms with Crippen LogP contribution in [0, 0.1) is 0 Å². The highest BCUT2D eigenvalue weighted by Crippen LogP contribution is 2.20. The van der Waals surface area contributed by atoms with Crippen LogP contribution in [0.4, 0.5) is 5.69 Å². The molecule has 0 radical (unpaired) electrons. The van der Waals surface area contributed by atoms with Crippen LogP contribution in [0.5, 0.6) is 0 Å². The Morgan fingerprint density at radius 1 is 1.40 bits per heavy atom. The van der Waals surface area contributed by atoms with Crippen molar-refractivity contribution < 1.29 is 4.79 Å². The Labute approximate surface area is 93.8 Å². The third-order valence-corrected chi connectivity index (χ3v) is 2.59. The van der Waals surface area contributed by atoms with Crippen molar-refractivity contribution in [3.8, 4) is 0 Å². The molecule has 0 aliphatic heterocycles. The molecule has 0 bridgehead atoms. The lowest BCUT2D eigenvalue weighted by molar-refractivity contribution is -0.119. The number of halogens is 1. The predicted molar refractivity (Wildman–Crippen MR) is 61.1 cm³/mol. The van der Waals surface area contributed by atoms with Gasteiger partial charge in [0.05, 0.1) is 17.3 Å². The van der Waals surface area contributed by atoms with Gasteiger partial charge in [-0.15, -0.1) is 0 Å². The molecule has 80 valence electrons. The molecule has 0 heterocycles. The molecule has 1 aromatic rings. The van der Waals surface area contributed by atoms with Gasteiger partial charge in [-0.25, -0.2) is 0 Å². The minimum absolute atomic E-state index is 0.0254. The van der Waals surface area contributed by atoms with Gasteiger partial charge in [-0.1, -0.05) is 23.7 Å². The second-order valence-corrected chi connectivity index (χ2v) is 4.08. The van der Waals surface area contributed by atoms with Crippen molar-refractivity contribution in [3.05, 3.63) is 29.3 Å². The number of benzene rings is 1. The van der Waals surface area contributed by atoms with Gasteiger partial charge >= 0.3 is 0 Å². The average Bonchev–Trinajstić information content (AvgIpc) is 3.00. The van der Waals surface area contributed by atoms with Crippen LogP contribution in [0.15, 0.2) is 24.3 Å². The molecule has 3 nitrogen and oxygen atoms in total. The highest BCUT2D eigenvalue weighted by molar-refractivity contribution is 6.33. The van der Waals surface area contributed by atoms with Crippen molar-refractivity contribution in [2.75, 3.05) is 11.9 Å². The SMILES string of the molecule is O=C(CNc1ccccc1Cl)NC1CC1. The molecule has 0 saturated heterocycles. The first-order valence-corrected chi connectivity index (χ1v) is 5.41. The van der Waals surface area contributed by atoms with Crippen LogP contribution in [0.1, 0.15) is 12.8 Å². The maximum Gasteiger partial charge on any atom is 0.239 e. The standard InChI is InChI=1S/C11H13ClN2O/c12-9-3-1-2-4-10(9)13-7-11(15)14-8-5-6-8/h1-4,8,13H,5-7H2,(H,14,15). The van der Waals surface area contributed by atoms with Crippen molar-refractivity contribution in [2.24, 2.45) is 0 Å². The van der Waals surface area contributed by atoms with Gasteiger partial charge < -0.3 is 10.6 Å². The summed E-state index contributed by atoms with van der Waals surface area (Å²) in [5.41, 5.74) is 0.796. The van der Waals surface area contributed by atoms with Crippen LogP contribution in [-0.2, 0) is 4.79 Å². The number of amides is 1. The summed E-state index contributed by atoms with van der Waals surface area (Å²) >= 11 is 5.93. The van der Waals surface area contributed by atoms with E-state index in [4.69, 9.17) is 11.6 Å². The van der Waals surface area contributed by atoms with E-state index in [0.29, 0.717) is 11.1 Å². The van der Waals surface area contributed by atoms with Gasteiger partial charge in [-0.05, 0) is 25.0 Å². The Balaban J connectivity index is 1.81. The van der Waals surface area contributed by atoms with Gasteiger partial charge in [-0.2, -0.15) is 0 Å². The van der Waals surface area contributed by atoms with E-state index < -0.39 is 0 Å². The second-order valence-electron chi connectivity index (χ2n) is 3.68. The summed E-state index contributed by atoms with van der Waals surface area (Å²) in [4.78, 5) is 11.4. The van der Waals surface area contributed by atoms with E-state index in [-0.39, 0.29) is 12.5 Å². The first-order valence-electron chi connectivity index (χ1n) is 5.03. The molecule has 15 heavy (non-hydrogen) atoms. The molecular weight excluding hydrogens is 212 g/mol. The monoisotopic (exact) mass is 224 g/mol. The Kier molecular flexibility index (Phi) is 3.11. The molecule has 4 heteroatoms. The molecule has 1 amide bonds. The molecule has 0 unspecified atom stereocenters. The highest BCUT2D eigenvalue weighted by atomic mass is 35.5. The number of nitrogens with one attached hydrogen (secondary N) is 2. The number of hydrogen-bond acceptors (Lipinski definition) is 2. The third kappa shape index (κ3) is 3.13. The summed E-state index contributed by atoms with van der Waals surface area (Å²) in [7, 11) is 0. The normalized spacial score (nSPS) is 14.7. The van der Waals surface area contributed by atoms with E-state index in [9.17, 15) is 4.79 Å². The average molecular weight is 225 g/mol. The van der Waals surface area contributed by atoms with Crippen LogP contribution >= 0.6 is 11.6 Å². The number of carbonyl (C=O) groups excluding carboxylic acids is 1. The molecule has 1 aliphatic carbocycles. The fourth-order valence-electron chi connectivity index (χ4n) is 1.29. The zero-order valence-corrected chi connectivity index (χ0v) is 9.05. The molecule has 1 aromatic carbocycles. The molecule has 1 aliphatic rings. The fourth-order valence-corrected chi connectivity index (χ4v) is 1.49. The van der Waals surface area contributed by atoms with Crippen molar-refractivity contribution >= 4 is 23.2 Å². The van der Waals surface area contributed by atoms with Crippen LogP contribution in [0.3, 0.4) is 0 Å². The van der Waals surface area contributed by atoms with Crippen LogP contribution in [-0.4, -0.2) is 18.5 Å². The number of carbonyl (C=O) groups is 1. The quantitative estimate of drug-likeness (QED) is 0.822. The zero-order valence-electron chi connectivity index (χ0n) is 8.29. The number of anilines is 1. The lowest BCUT2D eigenvalue weighted by atomic mass is 10.3. The van der Waals surface area contributed by atoms with Gasteiger partial charge in [0.25, 0.3) is 0 Å². The summed E-state index contributed by atoms with van der Waals surface area (Å²) in [6.07, 6.45) is 2.22. The van der Waals surface area contributed by atoms with Crippen LogP contribution < -0.4 is 10.6 Å². The summed E-state index contributed by atoms with van der Waals surface area (Å²) in [6.45, 7) is 0.278. The zero-order chi connectivity index (χ0) is 10.7. The lowest BCUT2D eigenvalue weighted by Gasteiger charge is -2.07. The molecule has 0 aromatic heterocycles. The van der Waals surface area contributed by atoms with E-state index in [0.717, 1.165) is 18.5 Å². The summed E-state index contributed by atoms with van der Waals surface area (Å²) < 4.78 is 0. The minimum Gasteiger partial charge on any atom is -0.375 e. The van der Waals surface area contributed by atoms with E-state index in [1.54, 1.807) is 6.07 Å². The largest absolute Gasteiger partial charge is 0.375 e. The van der Waals surface area contributed by atoms with Gasteiger partial charge in [0.15, 0.2) is 0 Å². The van der Waals surface area contributed by atoms with E-state index in [1.807, 2.05) is 18.2 Å². The highest BCUT2D eigenvalue weighted by Gasteiger charge is 2.22. The Hall–Kier alpha value is -1.22. The van der Waals surface area contributed by atoms with Gasteiger partial charge in [0.1, 0.15) is 0 Å². The smallest absolute Gasteiger partial charge is 0.239 e. The van der Waals surface area contributed by atoms with Crippen molar-refractivity contribution in [1.29, 1.82) is 0 Å². The molecule has 2 rings (SSSR count). The Morgan fingerprint density at radius 3 is 2.80 bits per heavy atom. The summed E-state index contributed by atoms with van der Waals surface area (Å²) in [6, 6.07) is 7.80. The molecule has 0 spiro atoms. The summed E-state index contributed by atoms with van der Waals surface area (Å²) in [5.74, 6) is 0.0254. The predicted octanol–water partition coefficient (Wildman–Crippen LogP) is 2.03. The van der Waals surface area contributed by atoms with E-state index in [2.05, 4.69) is 10.6 Å². The minimum atomic E-state index is 0.0254. The lowest BCUT2D eigenvalue weighted by Crippen LogP contribution is -2.31. The first kappa shape index (κ1) is 10.3. The second kappa shape index (κ2) is 4.53. The molecule has 1 fully saturated rings. The number of rotatable bonds is 4. The number of hydrogen-bond donors (Lipinski definition) is 2. The first-order chi connectivity index (χ1) is 7.25. The Morgan fingerprint density at radius 2 is 2.13 bits per heavy atom. The number of para-hydroxylation sites is 1. The summed E-state index contributed by atoms with van der Waals surface area (Å²) in [5, 5.41) is 6.54. The molecule has 1 saturated carbocycles. The van der Waals surface area contributed by atoms with E-state index >= 15 is 0 Å². The van der Waals surface area contributed by atoms with Crippen LogP contribution in [0.2, 0.25) is 5.02 Å². The third-order valence-electron chi connectivity index (χ3n) is 2.26. The maximum atomic E-state index is 11.4. The van der Waals surface area contributed by atoms with Gasteiger partial charge in [0.2, 0.25) is 5.91 Å². The van der Waals surface area contributed by atoms with Crippen molar-refractivity contribution in [2.45, 2.75) is 18.9 Å². The maximum absolute atomic E-state index is 11.4. The van der Waals surface area contributed by atoms with Crippen molar-refractivity contribution in [1.82, 2.24) is 5.32 Å². The molecule has 0 atom stereocenters. The van der Waals surface area contributed by atoms with Crippen LogP contribution in [0.25, 0.3) is 0 Å². The molecular formula is C11H13ClN2O. The van der Waals surface area contributed by atoms with Crippen molar-refractivity contribution in [3.63, 3.8) is 0 Å².